The Kier molecular flexibility index (Phi) is 9.55. The highest BCUT2D eigenvalue weighted by Gasteiger charge is 2.31. The van der Waals surface area contributed by atoms with Gasteiger partial charge in [-0.2, -0.15) is 0 Å². The number of anilines is 1. The Balaban J connectivity index is 1.97. The number of hydrogen-bond acceptors (Lipinski definition) is 4. The quantitative estimate of drug-likeness (QED) is 0.423. The molecule has 0 spiro atoms. The number of aromatic nitrogens is 1. The Labute approximate surface area is 170 Å². The summed E-state index contributed by atoms with van der Waals surface area (Å²) in [5.41, 5.74) is 1.31. The highest BCUT2D eigenvalue weighted by Crippen LogP contribution is 2.38. The van der Waals surface area contributed by atoms with Gasteiger partial charge in [-0.15, -0.1) is 0 Å². The van der Waals surface area contributed by atoms with E-state index in [4.69, 9.17) is 4.99 Å². The number of aliphatic hydroxyl groups excluding tert-OH is 1. The first-order valence-electron chi connectivity index (χ1n) is 11.0. The van der Waals surface area contributed by atoms with Crippen molar-refractivity contribution in [3.05, 3.63) is 23.9 Å². The third-order valence-electron chi connectivity index (χ3n) is 5.85. The zero-order valence-corrected chi connectivity index (χ0v) is 18.0. The Bertz CT molecular complexity index is 572. The lowest BCUT2D eigenvalue weighted by molar-refractivity contribution is 0.131. The molecular formula is C22H39N5O. The summed E-state index contributed by atoms with van der Waals surface area (Å²) >= 11 is 0. The number of guanidine groups is 1. The molecule has 1 aromatic heterocycles. The van der Waals surface area contributed by atoms with E-state index in [1.807, 2.05) is 6.20 Å². The Morgan fingerprint density at radius 2 is 1.89 bits per heavy atom. The standard InChI is InChI=1S/C22H39N5O/c1-4-23-21(26-18-22(14-15-28)12-8-7-9-13-22)25-17-19-10-11-20(24-16-19)27(5-2)6-3/h10-11,16,28H,4-9,12-15,17-18H2,1-3H3,(H2,23,25,26). The van der Waals surface area contributed by atoms with Gasteiger partial charge in [-0.1, -0.05) is 25.3 Å². The zero-order chi connectivity index (χ0) is 20.2. The molecule has 1 fully saturated rings. The lowest BCUT2D eigenvalue weighted by Gasteiger charge is -2.37. The Morgan fingerprint density at radius 1 is 1.14 bits per heavy atom. The summed E-state index contributed by atoms with van der Waals surface area (Å²) in [4.78, 5) is 11.6. The monoisotopic (exact) mass is 389 g/mol. The van der Waals surface area contributed by atoms with Crippen LogP contribution in [0.4, 0.5) is 5.82 Å². The van der Waals surface area contributed by atoms with Crippen LogP contribution in [0, 0.1) is 5.41 Å². The maximum Gasteiger partial charge on any atom is 0.191 e. The van der Waals surface area contributed by atoms with Gasteiger partial charge >= 0.3 is 0 Å². The number of nitrogens with one attached hydrogen (secondary N) is 2. The van der Waals surface area contributed by atoms with Gasteiger partial charge in [0.2, 0.25) is 0 Å². The molecule has 6 heteroatoms. The van der Waals surface area contributed by atoms with Gasteiger partial charge in [0, 0.05) is 39.0 Å². The molecule has 0 aromatic carbocycles. The molecule has 1 aromatic rings. The largest absolute Gasteiger partial charge is 0.396 e. The molecule has 3 N–H and O–H groups in total. The zero-order valence-electron chi connectivity index (χ0n) is 18.0. The van der Waals surface area contributed by atoms with E-state index in [0.29, 0.717) is 6.54 Å². The molecule has 2 rings (SSSR count). The molecule has 0 unspecified atom stereocenters. The molecular weight excluding hydrogens is 350 g/mol. The van der Waals surface area contributed by atoms with Crippen molar-refractivity contribution < 1.29 is 5.11 Å². The van der Waals surface area contributed by atoms with Crippen LogP contribution in [0.2, 0.25) is 0 Å². The van der Waals surface area contributed by atoms with Gasteiger partial charge < -0.3 is 20.6 Å². The highest BCUT2D eigenvalue weighted by molar-refractivity contribution is 5.79. The smallest absolute Gasteiger partial charge is 0.191 e. The highest BCUT2D eigenvalue weighted by atomic mass is 16.3. The van der Waals surface area contributed by atoms with Crippen LogP contribution in [0.25, 0.3) is 0 Å². The molecule has 0 saturated heterocycles. The van der Waals surface area contributed by atoms with Gasteiger partial charge in [-0.05, 0) is 57.1 Å². The fraction of sp³-hybridized carbons (Fsp3) is 0.727. The number of rotatable bonds is 10. The van der Waals surface area contributed by atoms with Crippen molar-refractivity contribution in [2.24, 2.45) is 10.4 Å². The van der Waals surface area contributed by atoms with E-state index < -0.39 is 0 Å². The molecule has 6 nitrogen and oxygen atoms in total. The van der Waals surface area contributed by atoms with Crippen molar-refractivity contribution in [3.8, 4) is 0 Å². The van der Waals surface area contributed by atoms with Crippen molar-refractivity contribution in [3.63, 3.8) is 0 Å². The molecule has 1 heterocycles. The van der Waals surface area contributed by atoms with Crippen LogP contribution in [0.15, 0.2) is 23.3 Å². The van der Waals surface area contributed by atoms with Gasteiger partial charge in [0.05, 0.1) is 6.54 Å². The SMILES string of the molecule is CCNC(=NCc1ccc(N(CC)CC)nc1)NCC1(CCO)CCCCC1. The topological polar surface area (TPSA) is 72.8 Å². The molecule has 0 bridgehead atoms. The predicted octanol–water partition coefficient (Wildman–Crippen LogP) is 3.32. The Hall–Kier alpha value is -1.82. The molecule has 1 aliphatic carbocycles. The summed E-state index contributed by atoms with van der Waals surface area (Å²) in [6.07, 6.45) is 9.02. The molecule has 0 amide bonds. The van der Waals surface area contributed by atoms with Gasteiger partial charge in [0.15, 0.2) is 5.96 Å². The summed E-state index contributed by atoms with van der Waals surface area (Å²) in [5.74, 6) is 1.87. The van der Waals surface area contributed by atoms with Crippen molar-refractivity contribution >= 4 is 11.8 Å². The van der Waals surface area contributed by atoms with Crippen LogP contribution in [0.1, 0.15) is 64.9 Å². The van der Waals surface area contributed by atoms with Crippen LogP contribution >= 0.6 is 0 Å². The summed E-state index contributed by atoms with van der Waals surface area (Å²) in [7, 11) is 0. The number of pyridine rings is 1. The molecule has 1 aliphatic rings. The van der Waals surface area contributed by atoms with Crippen molar-refractivity contribution in [1.82, 2.24) is 15.6 Å². The minimum absolute atomic E-state index is 0.205. The second-order valence-corrected chi connectivity index (χ2v) is 7.78. The van der Waals surface area contributed by atoms with Crippen LogP contribution in [-0.2, 0) is 6.54 Å². The summed E-state index contributed by atoms with van der Waals surface area (Å²) < 4.78 is 0. The average Bonchev–Trinajstić information content (AvgIpc) is 2.73. The normalized spacial score (nSPS) is 16.6. The minimum Gasteiger partial charge on any atom is -0.396 e. The van der Waals surface area contributed by atoms with Crippen molar-refractivity contribution in [1.29, 1.82) is 0 Å². The number of aliphatic hydroxyl groups is 1. The summed E-state index contributed by atoms with van der Waals surface area (Å²) in [5, 5.41) is 16.4. The molecule has 0 aliphatic heterocycles. The number of aliphatic imine (C=N–C) groups is 1. The van der Waals surface area contributed by atoms with E-state index in [9.17, 15) is 5.11 Å². The first-order valence-corrected chi connectivity index (χ1v) is 11.0. The molecule has 158 valence electrons. The van der Waals surface area contributed by atoms with E-state index in [2.05, 4.69) is 53.4 Å². The summed E-state index contributed by atoms with van der Waals surface area (Å²) in [6, 6.07) is 4.19. The van der Waals surface area contributed by atoms with Crippen molar-refractivity contribution in [2.45, 2.75) is 65.8 Å². The maximum absolute atomic E-state index is 9.52. The van der Waals surface area contributed by atoms with E-state index in [1.165, 1.54) is 32.1 Å². The summed E-state index contributed by atoms with van der Waals surface area (Å²) in [6.45, 7) is 10.9. The van der Waals surface area contributed by atoms with Gasteiger partial charge in [0.1, 0.15) is 5.82 Å². The Morgan fingerprint density at radius 3 is 2.46 bits per heavy atom. The van der Waals surface area contributed by atoms with Crippen LogP contribution in [0.5, 0.6) is 0 Å². The van der Waals surface area contributed by atoms with Crippen molar-refractivity contribution in [2.75, 3.05) is 37.7 Å². The fourth-order valence-corrected chi connectivity index (χ4v) is 4.08. The molecule has 0 radical (unpaired) electrons. The third kappa shape index (κ3) is 6.66. The van der Waals surface area contributed by atoms with Gasteiger partial charge in [-0.3, -0.25) is 0 Å². The number of hydrogen-bond donors (Lipinski definition) is 3. The molecule has 28 heavy (non-hydrogen) atoms. The van der Waals surface area contributed by atoms with Crippen LogP contribution in [0.3, 0.4) is 0 Å². The second-order valence-electron chi connectivity index (χ2n) is 7.78. The lowest BCUT2D eigenvalue weighted by atomic mass is 9.72. The fourth-order valence-electron chi connectivity index (χ4n) is 4.08. The van der Waals surface area contributed by atoms with Gasteiger partial charge in [0.25, 0.3) is 0 Å². The van der Waals surface area contributed by atoms with Crippen LogP contribution in [-0.4, -0.2) is 48.8 Å². The maximum atomic E-state index is 9.52. The minimum atomic E-state index is 0.205. The molecule has 1 saturated carbocycles. The lowest BCUT2D eigenvalue weighted by Crippen LogP contribution is -2.44. The number of nitrogens with zero attached hydrogens (tertiary/aromatic N) is 3. The molecule has 0 atom stereocenters. The van der Waals surface area contributed by atoms with Crippen LogP contribution < -0.4 is 15.5 Å². The average molecular weight is 390 g/mol. The van der Waals surface area contributed by atoms with E-state index >= 15 is 0 Å². The second kappa shape index (κ2) is 11.9. The van der Waals surface area contributed by atoms with E-state index in [1.54, 1.807) is 0 Å². The third-order valence-corrected chi connectivity index (χ3v) is 5.85. The van der Waals surface area contributed by atoms with E-state index in [-0.39, 0.29) is 12.0 Å². The van der Waals surface area contributed by atoms with E-state index in [0.717, 1.165) is 49.9 Å². The van der Waals surface area contributed by atoms with Gasteiger partial charge in [-0.25, -0.2) is 9.98 Å². The first kappa shape index (κ1) is 22.5. The first-order chi connectivity index (χ1) is 13.7. The predicted molar refractivity (Wildman–Crippen MR) is 118 cm³/mol.